The third-order valence-corrected chi connectivity index (χ3v) is 2.68. The Bertz CT molecular complexity index is 805. The van der Waals surface area contributed by atoms with Crippen molar-refractivity contribution in [1.82, 2.24) is 19.8 Å². The van der Waals surface area contributed by atoms with Crippen LogP contribution in [0.25, 0.3) is 5.65 Å². The lowest BCUT2D eigenvalue weighted by molar-refractivity contribution is 0.448. The number of H-pyrrole nitrogens is 1. The third kappa shape index (κ3) is 2.01. The Labute approximate surface area is 107 Å². The van der Waals surface area contributed by atoms with E-state index in [0.29, 0.717) is 23.0 Å². The number of aromatic amines is 1. The molecule has 0 aliphatic rings. The van der Waals surface area contributed by atoms with Crippen LogP contribution in [0.15, 0.2) is 35.1 Å². The van der Waals surface area contributed by atoms with Gasteiger partial charge < -0.3 is 10.5 Å². The Morgan fingerprint density at radius 3 is 3.00 bits per heavy atom. The summed E-state index contributed by atoms with van der Waals surface area (Å²) in [6, 6.07) is 8.63. The number of hydrogen-bond acceptors (Lipinski definition) is 5. The maximum absolute atomic E-state index is 11.4. The van der Waals surface area contributed by atoms with Gasteiger partial charge in [0.1, 0.15) is 5.75 Å². The minimum Gasteiger partial charge on any atom is -0.437 e. The van der Waals surface area contributed by atoms with Crippen LogP contribution < -0.4 is 16.2 Å². The van der Waals surface area contributed by atoms with Gasteiger partial charge >= 0.3 is 5.69 Å². The predicted molar refractivity (Wildman–Crippen MR) is 69.3 cm³/mol. The molecule has 0 radical (unpaired) electrons. The van der Waals surface area contributed by atoms with Crippen LogP contribution in [-0.4, -0.2) is 19.8 Å². The molecule has 2 aromatic heterocycles. The number of nitrogen functional groups attached to an aromatic ring is 1. The van der Waals surface area contributed by atoms with Crippen LogP contribution in [0, 0.1) is 6.92 Å². The topological polar surface area (TPSA) is 98.3 Å². The highest BCUT2D eigenvalue weighted by Crippen LogP contribution is 2.25. The number of nitrogens with two attached hydrogens (primary N) is 1. The molecule has 0 unspecified atom stereocenters. The highest BCUT2D eigenvalue weighted by molar-refractivity contribution is 5.49. The fourth-order valence-electron chi connectivity index (χ4n) is 1.68. The SMILES string of the molecule is Cc1ccc(N)cc1Oc1ccc2n[nH]c(=O)n2n1. The lowest BCUT2D eigenvalue weighted by Gasteiger charge is -2.08. The molecule has 2 heterocycles. The first-order valence-electron chi connectivity index (χ1n) is 5.62. The monoisotopic (exact) mass is 257 g/mol. The molecule has 7 nitrogen and oxygen atoms in total. The number of benzene rings is 1. The van der Waals surface area contributed by atoms with Gasteiger partial charge in [0, 0.05) is 17.8 Å². The number of nitrogens with zero attached hydrogens (tertiary/aromatic N) is 3. The molecule has 0 saturated carbocycles. The van der Waals surface area contributed by atoms with Gasteiger partial charge in [0.25, 0.3) is 0 Å². The molecule has 3 N–H and O–H groups in total. The molecule has 0 atom stereocenters. The van der Waals surface area contributed by atoms with Crippen LogP contribution in [0.3, 0.4) is 0 Å². The first-order valence-corrected chi connectivity index (χ1v) is 5.62. The van der Waals surface area contributed by atoms with Crippen molar-refractivity contribution in [1.29, 1.82) is 0 Å². The quantitative estimate of drug-likeness (QED) is 0.670. The number of nitrogens with one attached hydrogen (secondary N) is 1. The minimum absolute atomic E-state index is 0.296. The average Bonchev–Trinajstić information content (AvgIpc) is 2.76. The van der Waals surface area contributed by atoms with E-state index in [-0.39, 0.29) is 0 Å². The third-order valence-electron chi connectivity index (χ3n) is 2.68. The second kappa shape index (κ2) is 4.13. The largest absolute Gasteiger partial charge is 0.437 e. The van der Waals surface area contributed by atoms with Gasteiger partial charge in [-0.05, 0) is 24.6 Å². The van der Waals surface area contributed by atoms with Crippen LogP contribution in [0.4, 0.5) is 5.69 Å². The number of aryl methyl sites for hydroxylation is 1. The fourth-order valence-corrected chi connectivity index (χ4v) is 1.68. The van der Waals surface area contributed by atoms with Gasteiger partial charge in [-0.1, -0.05) is 6.07 Å². The first kappa shape index (κ1) is 11.3. The molecular weight excluding hydrogens is 246 g/mol. The standard InChI is InChI=1S/C12H11N5O2/c1-7-2-3-8(13)6-9(7)19-11-5-4-10-14-15-12(18)17(10)16-11/h2-6H,13H2,1H3,(H,15,18). The highest BCUT2D eigenvalue weighted by atomic mass is 16.5. The summed E-state index contributed by atoms with van der Waals surface area (Å²) in [6.45, 7) is 1.90. The molecule has 7 heteroatoms. The van der Waals surface area contributed by atoms with Crippen molar-refractivity contribution in [2.45, 2.75) is 6.92 Å². The van der Waals surface area contributed by atoms with E-state index in [1.165, 1.54) is 0 Å². The maximum atomic E-state index is 11.4. The molecule has 3 rings (SSSR count). The Morgan fingerprint density at radius 2 is 2.16 bits per heavy atom. The number of ether oxygens (including phenoxy) is 1. The number of fused-ring (bicyclic) bond motifs is 1. The van der Waals surface area contributed by atoms with E-state index in [1.54, 1.807) is 24.3 Å². The van der Waals surface area contributed by atoms with Gasteiger partial charge in [-0.25, -0.2) is 9.89 Å². The summed E-state index contributed by atoms with van der Waals surface area (Å²) in [5.74, 6) is 0.896. The van der Waals surface area contributed by atoms with E-state index < -0.39 is 5.69 Å². The van der Waals surface area contributed by atoms with Crippen molar-refractivity contribution < 1.29 is 4.74 Å². The smallest absolute Gasteiger partial charge is 0.364 e. The van der Waals surface area contributed by atoms with Crippen LogP contribution in [0.5, 0.6) is 11.6 Å². The van der Waals surface area contributed by atoms with E-state index in [4.69, 9.17) is 10.5 Å². The van der Waals surface area contributed by atoms with Crippen molar-refractivity contribution in [2.75, 3.05) is 5.73 Å². The second-order valence-electron chi connectivity index (χ2n) is 4.10. The summed E-state index contributed by atoms with van der Waals surface area (Å²) in [7, 11) is 0. The number of rotatable bonds is 2. The van der Waals surface area contributed by atoms with Crippen molar-refractivity contribution in [3.63, 3.8) is 0 Å². The van der Waals surface area contributed by atoms with Crippen LogP contribution >= 0.6 is 0 Å². The zero-order valence-electron chi connectivity index (χ0n) is 10.1. The van der Waals surface area contributed by atoms with Gasteiger partial charge in [0.15, 0.2) is 5.65 Å². The molecule has 0 aliphatic carbocycles. The minimum atomic E-state index is -0.412. The molecule has 19 heavy (non-hydrogen) atoms. The van der Waals surface area contributed by atoms with E-state index >= 15 is 0 Å². The Morgan fingerprint density at radius 1 is 1.32 bits per heavy atom. The summed E-state index contributed by atoms with van der Waals surface area (Å²) in [5.41, 5.74) is 7.25. The highest BCUT2D eigenvalue weighted by Gasteiger charge is 2.06. The van der Waals surface area contributed by atoms with E-state index in [1.807, 2.05) is 13.0 Å². The van der Waals surface area contributed by atoms with Gasteiger partial charge in [-0.2, -0.15) is 9.61 Å². The molecule has 0 amide bonds. The maximum Gasteiger partial charge on any atom is 0.364 e. The summed E-state index contributed by atoms with van der Waals surface area (Å²) in [4.78, 5) is 11.4. The van der Waals surface area contributed by atoms with Gasteiger partial charge in [0.05, 0.1) is 0 Å². The van der Waals surface area contributed by atoms with Gasteiger partial charge in [-0.15, -0.1) is 5.10 Å². The molecule has 96 valence electrons. The molecule has 0 spiro atoms. The Kier molecular flexibility index (Phi) is 2.45. The zero-order chi connectivity index (χ0) is 13.4. The molecule has 0 saturated heterocycles. The average molecular weight is 257 g/mol. The van der Waals surface area contributed by atoms with Crippen LogP contribution in [0.2, 0.25) is 0 Å². The predicted octanol–water partition coefficient (Wildman–Crippen LogP) is 1.10. The molecule has 3 aromatic rings. The molecule has 0 fully saturated rings. The van der Waals surface area contributed by atoms with E-state index in [0.717, 1.165) is 10.1 Å². The second-order valence-corrected chi connectivity index (χ2v) is 4.10. The molecule has 0 aliphatic heterocycles. The number of anilines is 1. The van der Waals surface area contributed by atoms with Crippen LogP contribution in [-0.2, 0) is 0 Å². The lowest BCUT2D eigenvalue weighted by atomic mass is 10.2. The molecular formula is C12H11N5O2. The van der Waals surface area contributed by atoms with Crippen molar-refractivity contribution >= 4 is 11.3 Å². The lowest BCUT2D eigenvalue weighted by Crippen LogP contribution is -2.12. The Balaban J connectivity index is 2.03. The number of aromatic nitrogens is 4. The summed E-state index contributed by atoms with van der Waals surface area (Å²) < 4.78 is 6.77. The summed E-state index contributed by atoms with van der Waals surface area (Å²) in [6.07, 6.45) is 0. The van der Waals surface area contributed by atoms with Crippen molar-refractivity contribution in [2.24, 2.45) is 0 Å². The molecule has 1 aromatic carbocycles. The zero-order valence-corrected chi connectivity index (χ0v) is 10.1. The summed E-state index contributed by atoms with van der Waals surface area (Å²) in [5, 5.41) is 10.1. The Hall–Kier alpha value is -2.83. The van der Waals surface area contributed by atoms with Crippen molar-refractivity contribution in [3.05, 3.63) is 46.4 Å². The first-order chi connectivity index (χ1) is 9.13. The van der Waals surface area contributed by atoms with E-state index in [2.05, 4.69) is 15.3 Å². The van der Waals surface area contributed by atoms with E-state index in [9.17, 15) is 4.79 Å². The molecule has 0 bridgehead atoms. The van der Waals surface area contributed by atoms with Gasteiger partial charge in [0.2, 0.25) is 5.88 Å². The van der Waals surface area contributed by atoms with Gasteiger partial charge in [-0.3, -0.25) is 0 Å². The summed E-state index contributed by atoms with van der Waals surface area (Å²) >= 11 is 0. The van der Waals surface area contributed by atoms with Crippen LogP contribution in [0.1, 0.15) is 5.56 Å². The fraction of sp³-hybridized carbons (Fsp3) is 0.0833. The van der Waals surface area contributed by atoms with Crippen molar-refractivity contribution in [3.8, 4) is 11.6 Å². The number of hydrogen-bond donors (Lipinski definition) is 2. The normalized spacial score (nSPS) is 10.8.